The zero-order valence-electron chi connectivity index (χ0n) is 12.9. The van der Waals surface area contributed by atoms with Crippen LogP contribution >= 0.6 is 23.1 Å². The largest absolute Gasteiger partial charge is 0.305 e. The number of hydrogen-bond acceptors (Lipinski definition) is 6. The molecule has 24 heavy (non-hydrogen) atoms. The van der Waals surface area contributed by atoms with E-state index in [1.165, 1.54) is 29.2 Å². The monoisotopic (exact) mass is 363 g/mol. The second kappa shape index (κ2) is 7.10. The summed E-state index contributed by atoms with van der Waals surface area (Å²) < 4.78 is 15.6. The molecule has 1 atom stereocenters. The maximum Gasteiger partial charge on any atom is 0.239 e. The van der Waals surface area contributed by atoms with E-state index in [0.29, 0.717) is 21.7 Å². The lowest BCUT2D eigenvalue weighted by molar-refractivity contribution is -0.115. The predicted octanol–water partition coefficient (Wildman–Crippen LogP) is 3.20. The van der Waals surface area contributed by atoms with Gasteiger partial charge in [0.25, 0.3) is 0 Å². The fraction of sp³-hybridized carbons (Fsp3) is 0.200. The van der Waals surface area contributed by atoms with Crippen molar-refractivity contribution in [2.24, 2.45) is 7.05 Å². The van der Waals surface area contributed by atoms with Gasteiger partial charge < -0.3 is 9.88 Å². The number of thioether (sulfide) groups is 1. The van der Waals surface area contributed by atoms with Crippen LogP contribution in [0.2, 0.25) is 0 Å². The van der Waals surface area contributed by atoms with Crippen molar-refractivity contribution >= 4 is 34.1 Å². The van der Waals surface area contributed by atoms with E-state index in [2.05, 4.69) is 20.5 Å². The van der Waals surface area contributed by atoms with Crippen molar-refractivity contribution in [3.05, 3.63) is 41.7 Å². The van der Waals surface area contributed by atoms with Crippen molar-refractivity contribution in [1.82, 2.24) is 19.7 Å². The first-order valence-corrected chi connectivity index (χ1v) is 8.83. The standard InChI is InChI=1S/C15H14FN5OS2/c1-9(13(22)18-14-17-7-8-23-14)24-15-20-19-12(21(15)2)10-5-3-4-6-11(10)16/h3-9H,1-2H3,(H,17,18,22)/t9-/m0/s1. The van der Waals surface area contributed by atoms with Gasteiger partial charge in [-0.1, -0.05) is 23.9 Å². The van der Waals surface area contributed by atoms with Crippen LogP contribution in [-0.4, -0.2) is 30.9 Å². The van der Waals surface area contributed by atoms with Gasteiger partial charge in [0.15, 0.2) is 16.1 Å². The summed E-state index contributed by atoms with van der Waals surface area (Å²) in [5.41, 5.74) is 0.374. The molecule has 1 aromatic carbocycles. The molecular formula is C15H14FN5OS2. The fourth-order valence-electron chi connectivity index (χ4n) is 2.00. The molecular weight excluding hydrogens is 349 g/mol. The SMILES string of the molecule is C[C@H](Sc1nnc(-c2ccccc2F)n1C)C(=O)Nc1nccs1. The van der Waals surface area contributed by atoms with Crippen LogP contribution in [0.25, 0.3) is 11.4 Å². The number of benzene rings is 1. The van der Waals surface area contributed by atoms with E-state index in [0.717, 1.165) is 0 Å². The number of hydrogen-bond donors (Lipinski definition) is 1. The lowest BCUT2D eigenvalue weighted by Crippen LogP contribution is -2.22. The number of halogens is 1. The quantitative estimate of drug-likeness (QED) is 0.705. The first-order chi connectivity index (χ1) is 11.6. The van der Waals surface area contributed by atoms with Crippen molar-refractivity contribution in [2.75, 3.05) is 5.32 Å². The lowest BCUT2D eigenvalue weighted by atomic mass is 10.2. The van der Waals surface area contributed by atoms with E-state index in [-0.39, 0.29) is 11.7 Å². The highest BCUT2D eigenvalue weighted by Crippen LogP contribution is 2.27. The van der Waals surface area contributed by atoms with Crippen molar-refractivity contribution in [2.45, 2.75) is 17.3 Å². The van der Waals surface area contributed by atoms with Crippen LogP contribution in [0.5, 0.6) is 0 Å². The Morgan fingerprint density at radius 3 is 2.88 bits per heavy atom. The molecule has 9 heteroatoms. The average Bonchev–Trinajstić information content (AvgIpc) is 3.19. The van der Waals surface area contributed by atoms with Crippen LogP contribution in [0, 0.1) is 5.82 Å². The maximum absolute atomic E-state index is 13.9. The van der Waals surface area contributed by atoms with Crippen LogP contribution in [-0.2, 0) is 11.8 Å². The van der Waals surface area contributed by atoms with Gasteiger partial charge in [-0.05, 0) is 19.1 Å². The highest BCUT2D eigenvalue weighted by molar-refractivity contribution is 8.00. The highest BCUT2D eigenvalue weighted by Gasteiger charge is 2.20. The molecule has 0 unspecified atom stereocenters. The number of carbonyl (C=O) groups excluding carboxylic acids is 1. The molecule has 0 aliphatic carbocycles. The molecule has 124 valence electrons. The Labute approximate surface area is 146 Å². The number of rotatable bonds is 5. The molecule has 0 aliphatic heterocycles. The molecule has 3 aromatic rings. The molecule has 0 bridgehead atoms. The molecule has 2 heterocycles. The number of carbonyl (C=O) groups is 1. The topological polar surface area (TPSA) is 72.7 Å². The Kier molecular flexibility index (Phi) is 4.91. The summed E-state index contributed by atoms with van der Waals surface area (Å²) in [7, 11) is 1.75. The van der Waals surface area contributed by atoms with Gasteiger partial charge >= 0.3 is 0 Å². The molecule has 0 radical (unpaired) electrons. The molecule has 1 amide bonds. The van der Waals surface area contributed by atoms with Crippen molar-refractivity contribution < 1.29 is 9.18 Å². The lowest BCUT2D eigenvalue weighted by Gasteiger charge is -2.10. The van der Waals surface area contributed by atoms with E-state index in [1.807, 2.05) is 0 Å². The van der Waals surface area contributed by atoms with E-state index in [9.17, 15) is 9.18 Å². The van der Waals surface area contributed by atoms with E-state index in [1.54, 1.807) is 48.3 Å². The summed E-state index contributed by atoms with van der Waals surface area (Å²) in [6, 6.07) is 6.38. The maximum atomic E-state index is 13.9. The van der Waals surface area contributed by atoms with Crippen molar-refractivity contribution in [3.8, 4) is 11.4 Å². The number of thiazole rings is 1. The Morgan fingerprint density at radius 2 is 2.17 bits per heavy atom. The van der Waals surface area contributed by atoms with Gasteiger partial charge in [0, 0.05) is 18.6 Å². The number of nitrogens with one attached hydrogen (secondary N) is 1. The summed E-state index contributed by atoms with van der Waals surface area (Å²) in [4.78, 5) is 16.2. The Bertz CT molecular complexity index is 849. The number of aromatic nitrogens is 4. The third-order valence-electron chi connectivity index (χ3n) is 3.26. The van der Waals surface area contributed by atoms with E-state index >= 15 is 0 Å². The third kappa shape index (κ3) is 3.46. The Balaban J connectivity index is 1.74. The van der Waals surface area contributed by atoms with Crippen LogP contribution < -0.4 is 5.32 Å². The van der Waals surface area contributed by atoms with Crippen LogP contribution in [0.15, 0.2) is 41.0 Å². The zero-order chi connectivity index (χ0) is 17.1. The van der Waals surface area contributed by atoms with Crippen molar-refractivity contribution in [1.29, 1.82) is 0 Å². The first-order valence-electron chi connectivity index (χ1n) is 7.07. The molecule has 2 aromatic heterocycles. The molecule has 0 saturated heterocycles. The van der Waals surface area contributed by atoms with Crippen molar-refractivity contribution in [3.63, 3.8) is 0 Å². The van der Waals surface area contributed by atoms with Crippen LogP contribution in [0.1, 0.15) is 6.92 Å². The molecule has 0 saturated carbocycles. The minimum Gasteiger partial charge on any atom is -0.305 e. The van der Waals surface area contributed by atoms with Gasteiger partial charge in [-0.25, -0.2) is 9.37 Å². The van der Waals surface area contributed by atoms with Gasteiger partial charge in [0.2, 0.25) is 5.91 Å². The summed E-state index contributed by atoms with van der Waals surface area (Å²) in [6.07, 6.45) is 1.63. The van der Waals surface area contributed by atoms with Gasteiger partial charge in [-0.2, -0.15) is 0 Å². The van der Waals surface area contributed by atoms with E-state index < -0.39 is 5.25 Å². The van der Waals surface area contributed by atoms with E-state index in [4.69, 9.17) is 0 Å². The smallest absolute Gasteiger partial charge is 0.239 e. The minimum absolute atomic E-state index is 0.176. The summed E-state index contributed by atoms with van der Waals surface area (Å²) in [6.45, 7) is 1.77. The molecule has 1 N–H and O–H groups in total. The molecule has 6 nitrogen and oxygen atoms in total. The number of nitrogens with zero attached hydrogens (tertiary/aromatic N) is 4. The summed E-state index contributed by atoms with van der Waals surface area (Å²) in [5.74, 6) is -0.118. The number of amides is 1. The van der Waals surface area contributed by atoms with Gasteiger partial charge in [0.1, 0.15) is 5.82 Å². The fourth-order valence-corrected chi connectivity index (χ4v) is 3.35. The van der Waals surface area contributed by atoms with Gasteiger partial charge in [-0.3, -0.25) is 4.79 Å². The number of anilines is 1. The Morgan fingerprint density at radius 1 is 1.38 bits per heavy atom. The summed E-state index contributed by atoms with van der Waals surface area (Å²) >= 11 is 2.61. The molecule has 3 rings (SSSR count). The molecule has 0 spiro atoms. The second-order valence-corrected chi connectivity index (χ2v) is 7.13. The molecule has 0 fully saturated rings. The van der Waals surface area contributed by atoms with Crippen LogP contribution in [0.4, 0.5) is 9.52 Å². The summed E-state index contributed by atoms with van der Waals surface area (Å²) in [5, 5.41) is 13.3. The third-order valence-corrected chi connectivity index (χ3v) is 5.09. The highest BCUT2D eigenvalue weighted by atomic mass is 32.2. The van der Waals surface area contributed by atoms with Crippen LogP contribution in [0.3, 0.4) is 0 Å². The van der Waals surface area contributed by atoms with Gasteiger partial charge in [0.05, 0.1) is 10.8 Å². The van der Waals surface area contributed by atoms with Gasteiger partial charge in [-0.15, -0.1) is 21.5 Å². The average molecular weight is 363 g/mol. The second-order valence-electron chi connectivity index (χ2n) is 4.93. The molecule has 0 aliphatic rings. The predicted molar refractivity (Wildman–Crippen MR) is 92.5 cm³/mol. The Hall–Kier alpha value is -2.26. The normalized spacial score (nSPS) is 12.1. The zero-order valence-corrected chi connectivity index (χ0v) is 14.6. The first kappa shape index (κ1) is 16.6. The minimum atomic E-state index is -0.398.